The van der Waals surface area contributed by atoms with Crippen LogP contribution in [0.15, 0.2) is 66.9 Å². The lowest BCUT2D eigenvalue weighted by Crippen LogP contribution is -2.46. The van der Waals surface area contributed by atoms with Crippen molar-refractivity contribution >= 4 is 11.6 Å². The summed E-state index contributed by atoms with van der Waals surface area (Å²) in [4.78, 5) is 17.2. The zero-order valence-corrected chi connectivity index (χ0v) is 19.9. The Morgan fingerprint density at radius 1 is 1.15 bits per heavy atom. The molecule has 1 aliphatic carbocycles. The smallest absolute Gasteiger partial charge is 0.255 e. The Morgan fingerprint density at radius 2 is 1.97 bits per heavy atom. The molecule has 5 rings (SSSR count). The maximum atomic E-state index is 13.0. The van der Waals surface area contributed by atoms with Gasteiger partial charge in [0.25, 0.3) is 5.91 Å². The van der Waals surface area contributed by atoms with Crippen LogP contribution in [0.25, 0.3) is 0 Å². The van der Waals surface area contributed by atoms with E-state index in [4.69, 9.17) is 4.74 Å². The molecule has 1 aliphatic heterocycles. The van der Waals surface area contributed by atoms with E-state index in [1.807, 2.05) is 61.5 Å². The number of hydrogen-bond donors (Lipinski definition) is 2. The highest BCUT2D eigenvalue weighted by atomic mass is 16.5. The Hall–Kier alpha value is -3.18. The SMILES string of the molecule is CC[C@@]12CC[C@](O)(c3ccccc3)C[C@@H]1CCOc1cc(C(=O)Nc3cccnc3C)ccc12. The van der Waals surface area contributed by atoms with Crippen molar-refractivity contribution in [3.05, 3.63) is 89.2 Å². The van der Waals surface area contributed by atoms with Crippen LogP contribution in [0, 0.1) is 12.8 Å². The molecular formula is C29H32N2O3. The van der Waals surface area contributed by atoms with Gasteiger partial charge in [-0.05, 0) is 74.8 Å². The van der Waals surface area contributed by atoms with E-state index in [0.29, 0.717) is 30.2 Å². The number of carbonyl (C=O) groups is 1. The van der Waals surface area contributed by atoms with E-state index >= 15 is 0 Å². The number of nitrogens with zero attached hydrogens (tertiary/aromatic N) is 1. The summed E-state index contributed by atoms with van der Waals surface area (Å²) in [6, 6.07) is 19.6. The molecule has 1 amide bonds. The molecule has 3 aromatic rings. The fourth-order valence-electron chi connectivity index (χ4n) is 6.05. The lowest BCUT2D eigenvalue weighted by atomic mass is 9.56. The molecule has 34 heavy (non-hydrogen) atoms. The van der Waals surface area contributed by atoms with Crippen LogP contribution in [-0.2, 0) is 11.0 Å². The summed E-state index contributed by atoms with van der Waals surface area (Å²) < 4.78 is 6.23. The number of aromatic nitrogens is 1. The first-order valence-corrected chi connectivity index (χ1v) is 12.2. The van der Waals surface area contributed by atoms with Gasteiger partial charge in [-0.25, -0.2) is 0 Å². The number of anilines is 1. The maximum absolute atomic E-state index is 13.0. The molecule has 2 N–H and O–H groups in total. The molecule has 5 heteroatoms. The quantitative estimate of drug-likeness (QED) is 0.524. The third kappa shape index (κ3) is 3.88. The van der Waals surface area contributed by atoms with Crippen LogP contribution in [0.1, 0.15) is 66.2 Å². The molecule has 5 nitrogen and oxygen atoms in total. The third-order valence-electron chi connectivity index (χ3n) is 8.05. The van der Waals surface area contributed by atoms with E-state index < -0.39 is 5.60 Å². The van der Waals surface area contributed by atoms with Crippen molar-refractivity contribution in [1.29, 1.82) is 0 Å². The van der Waals surface area contributed by atoms with Gasteiger partial charge < -0.3 is 15.2 Å². The van der Waals surface area contributed by atoms with Crippen molar-refractivity contribution in [2.75, 3.05) is 11.9 Å². The number of aliphatic hydroxyl groups is 1. The highest BCUT2D eigenvalue weighted by Crippen LogP contribution is 2.56. The Bertz CT molecular complexity index is 1190. The number of nitrogens with one attached hydrogen (secondary N) is 1. The molecule has 0 saturated heterocycles. The van der Waals surface area contributed by atoms with Crippen molar-refractivity contribution in [2.24, 2.45) is 5.92 Å². The minimum atomic E-state index is -0.809. The summed E-state index contributed by atoms with van der Waals surface area (Å²) >= 11 is 0. The van der Waals surface area contributed by atoms with Crippen molar-refractivity contribution in [3.63, 3.8) is 0 Å². The second kappa shape index (κ2) is 8.88. The van der Waals surface area contributed by atoms with Crippen LogP contribution in [-0.4, -0.2) is 22.6 Å². The Morgan fingerprint density at radius 3 is 2.74 bits per heavy atom. The van der Waals surface area contributed by atoms with Gasteiger partial charge in [0, 0.05) is 22.7 Å². The van der Waals surface area contributed by atoms with E-state index in [1.165, 1.54) is 5.56 Å². The van der Waals surface area contributed by atoms with Crippen molar-refractivity contribution < 1.29 is 14.6 Å². The van der Waals surface area contributed by atoms with E-state index in [9.17, 15) is 9.90 Å². The van der Waals surface area contributed by atoms with Gasteiger partial charge >= 0.3 is 0 Å². The van der Waals surface area contributed by atoms with Crippen molar-refractivity contribution in [1.82, 2.24) is 4.98 Å². The molecule has 0 unspecified atom stereocenters. The molecule has 1 fully saturated rings. The van der Waals surface area contributed by atoms with E-state index in [1.54, 1.807) is 6.20 Å². The second-order valence-electron chi connectivity index (χ2n) is 9.75. The molecule has 0 bridgehead atoms. The summed E-state index contributed by atoms with van der Waals surface area (Å²) in [6.45, 7) is 4.69. The number of ether oxygens (including phenoxy) is 1. The van der Waals surface area contributed by atoms with Crippen LogP contribution >= 0.6 is 0 Å². The minimum Gasteiger partial charge on any atom is -0.493 e. The van der Waals surface area contributed by atoms with E-state index in [-0.39, 0.29) is 11.3 Å². The zero-order valence-electron chi connectivity index (χ0n) is 19.9. The number of rotatable bonds is 4. The Kier molecular flexibility index (Phi) is 5.90. The fraction of sp³-hybridized carbons (Fsp3) is 0.379. The highest BCUT2D eigenvalue weighted by Gasteiger charge is 2.50. The third-order valence-corrected chi connectivity index (χ3v) is 8.05. The number of pyridine rings is 1. The van der Waals surface area contributed by atoms with Gasteiger partial charge in [-0.3, -0.25) is 9.78 Å². The number of hydrogen-bond acceptors (Lipinski definition) is 4. The first-order valence-electron chi connectivity index (χ1n) is 12.2. The highest BCUT2D eigenvalue weighted by molar-refractivity contribution is 6.04. The average Bonchev–Trinajstić information content (AvgIpc) is 3.02. The van der Waals surface area contributed by atoms with Gasteiger partial charge in [-0.2, -0.15) is 0 Å². The lowest BCUT2D eigenvalue weighted by Gasteiger charge is -2.49. The van der Waals surface area contributed by atoms with E-state index in [0.717, 1.165) is 42.7 Å². The van der Waals surface area contributed by atoms with Crippen LogP contribution in [0.2, 0.25) is 0 Å². The van der Waals surface area contributed by atoms with Crippen LogP contribution in [0.5, 0.6) is 5.75 Å². The summed E-state index contributed by atoms with van der Waals surface area (Å²) in [5.41, 5.74) is 3.36. The number of benzene rings is 2. The molecule has 1 saturated carbocycles. The van der Waals surface area contributed by atoms with Gasteiger partial charge in [-0.1, -0.05) is 43.3 Å². The first-order chi connectivity index (χ1) is 16.4. The lowest BCUT2D eigenvalue weighted by molar-refractivity contribution is -0.0534. The first kappa shape index (κ1) is 22.6. The molecule has 2 aromatic carbocycles. The van der Waals surface area contributed by atoms with Gasteiger partial charge in [0.15, 0.2) is 0 Å². The number of aryl methyl sites for hydroxylation is 1. The molecule has 3 atom stereocenters. The fourth-order valence-corrected chi connectivity index (χ4v) is 6.05. The molecule has 0 radical (unpaired) electrons. The van der Waals surface area contributed by atoms with E-state index in [2.05, 4.69) is 23.3 Å². The molecule has 1 aromatic heterocycles. The minimum absolute atomic E-state index is 0.0677. The van der Waals surface area contributed by atoms with Crippen molar-refractivity contribution in [2.45, 2.75) is 57.0 Å². The summed E-state index contributed by atoms with van der Waals surface area (Å²) in [7, 11) is 0. The van der Waals surface area contributed by atoms with Gasteiger partial charge in [0.1, 0.15) is 5.75 Å². The number of fused-ring (bicyclic) bond motifs is 3. The maximum Gasteiger partial charge on any atom is 0.255 e. The van der Waals surface area contributed by atoms with Crippen LogP contribution in [0.3, 0.4) is 0 Å². The second-order valence-corrected chi connectivity index (χ2v) is 9.75. The normalized spacial score (nSPS) is 25.9. The molecule has 0 spiro atoms. The predicted octanol–water partition coefficient (Wildman–Crippen LogP) is 5.76. The molecular weight excluding hydrogens is 424 g/mol. The Labute approximate surface area is 201 Å². The standard InChI is InChI=1S/C29H32N2O3/c1-3-28-14-15-29(33,22-8-5-4-6-9-22)19-23(28)13-17-34-26-18-21(11-12-24(26)28)27(32)31-25-10-7-16-30-20(25)2/h4-12,16,18,23,33H,3,13-15,17,19H2,1-2H3,(H,31,32)/t23-,28+,29+/m0/s1. The van der Waals surface area contributed by atoms with Crippen molar-refractivity contribution in [3.8, 4) is 5.75 Å². The molecule has 2 aliphatic rings. The number of carbonyl (C=O) groups excluding carboxylic acids is 1. The molecule has 2 heterocycles. The largest absolute Gasteiger partial charge is 0.493 e. The number of amides is 1. The molecule has 176 valence electrons. The van der Waals surface area contributed by atoms with Gasteiger partial charge in [0.05, 0.1) is 23.6 Å². The van der Waals surface area contributed by atoms with Crippen LogP contribution < -0.4 is 10.1 Å². The summed E-state index contributed by atoms with van der Waals surface area (Å²) in [6.07, 6.45) is 5.88. The van der Waals surface area contributed by atoms with Gasteiger partial charge in [-0.15, -0.1) is 0 Å². The topological polar surface area (TPSA) is 71.5 Å². The monoisotopic (exact) mass is 456 g/mol. The average molecular weight is 457 g/mol. The van der Waals surface area contributed by atoms with Crippen LogP contribution in [0.4, 0.5) is 5.69 Å². The zero-order chi connectivity index (χ0) is 23.8. The predicted molar refractivity (Wildman–Crippen MR) is 133 cm³/mol. The Balaban J connectivity index is 1.45. The summed E-state index contributed by atoms with van der Waals surface area (Å²) in [5.74, 6) is 0.927. The van der Waals surface area contributed by atoms with Gasteiger partial charge in [0.2, 0.25) is 0 Å². The summed E-state index contributed by atoms with van der Waals surface area (Å²) in [5, 5.41) is 14.6.